The minimum Gasteiger partial charge on any atom is -0.383 e. The number of hydrogen-bond donors (Lipinski definition) is 1. The van der Waals surface area contributed by atoms with Crippen LogP contribution in [0.15, 0.2) is 18.2 Å². The van der Waals surface area contributed by atoms with Crippen LogP contribution in [0.1, 0.15) is 19.4 Å². The highest BCUT2D eigenvalue weighted by Gasteiger charge is 2.17. The molecule has 4 heteroatoms. The van der Waals surface area contributed by atoms with Crippen molar-refractivity contribution in [3.63, 3.8) is 0 Å². The molecule has 0 saturated heterocycles. The highest BCUT2D eigenvalue weighted by Crippen LogP contribution is 2.31. The molecule has 18 heavy (non-hydrogen) atoms. The number of anilines is 1. The van der Waals surface area contributed by atoms with E-state index in [1.54, 1.807) is 7.11 Å². The zero-order valence-electron chi connectivity index (χ0n) is 11.6. The van der Waals surface area contributed by atoms with Crippen molar-refractivity contribution in [2.24, 2.45) is 5.73 Å². The number of likely N-dealkylation sites (N-methyl/N-ethyl adjacent to an activating group) is 1. The molecule has 1 rings (SSSR count). The van der Waals surface area contributed by atoms with E-state index < -0.39 is 0 Å². The van der Waals surface area contributed by atoms with Crippen LogP contribution in [-0.4, -0.2) is 32.8 Å². The van der Waals surface area contributed by atoms with Gasteiger partial charge in [0.15, 0.2) is 0 Å². The van der Waals surface area contributed by atoms with Crippen LogP contribution in [0, 0.1) is 0 Å². The van der Waals surface area contributed by atoms with E-state index in [1.165, 1.54) is 5.56 Å². The first-order valence-corrected chi connectivity index (χ1v) is 6.59. The Morgan fingerprint density at radius 3 is 2.61 bits per heavy atom. The van der Waals surface area contributed by atoms with Crippen LogP contribution >= 0.6 is 11.6 Å². The molecule has 0 radical (unpaired) electrons. The number of nitrogens with zero attached hydrogens (tertiary/aromatic N) is 1. The topological polar surface area (TPSA) is 38.5 Å². The van der Waals surface area contributed by atoms with Crippen LogP contribution < -0.4 is 10.6 Å². The second-order valence-corrected chi connectivity index (χ2v) is 5.25. The van der Waals surface area contributed by atoms with E-state index in [0.29, 0.717) is 6.61 Å². The van der Waals surface area contributed by atoms with Crippen molar-refractivity contribution in [1.29, 1.82) is 0 Å². The molecule has 0 aromatic heterocycles. The first-order chi connectivity index (χ1) is 8.47. The van der Waals surface area contributed by atoms with Crippen LogP contribution in [0.2, 0.25) is 5.02 Å². The highest BCUT2D eigenvalue weighted by atomic mass is 35.5. The normalized spacial score (nSPS) is 14.3. The Kier molecular flexibility index (Phi) is 5.93. The van der Waals surface area contributed by atoms with Crippen molar-refractivity contribution in [3.05, 3.63) is 28.8 Å². The maximum absolute atomic E-state index is 6.33. The van der Waals surface area contributed by atoms with Gasteiger partial charge in [0.05, 0.1) is 17.3 Å². The summed E-state index contributed by atoms with van der Waals surface area (Å²) in [5.74, 6) is 0. The van der Waals surface area contributed by atoms with E-state index in [9.17, 15) is 0 Å². The molecule has 0 aliphatic carbocycles. The largest absolute Gasteiger partial charge is 0.383 e. The molecule has 0 spiro atoms. The van der Waals surface area contributed by atoms with Crippen molar-refractivity contribution in [2.75, 3.05) is 25.7 Å². The fraction of sp³-hybridized carbons (Fsp3) is 0.571. The maximum Gasteiger partial charge on any atom is 0.0663 e. The molecule has 1 aromatic rings. The van der Waals surface area contributed by atoms with Gasteiger partial charge in [-0.05, 0) is 31.9 Å². The van der Waals surface area contributed by atoms with E-state index in [4.69, 9.17) is 22.1 Å². The average molecular weight is 271 g/mol. The number of para-hydroxylation sites is 1. The van der Waals surface area contributed by atoms with Gasteiger partial charge in [-0.25, -0.2) is 0 Å². The van der Waals surface area contributed by atoms with Crippen LogP contribution in [0.4, 0.5) is 5.69 Å². The fourth-order valence-corrected chi connectivity index (χ4v) is 2.37. The molecule has 0 amide bonds. The molecule has 2 N–H and O–H groups in total. The van der Waals surface area contributed by atoms with Crippen molar-refractivity contribution in [2.45, 2.75) is 32.4 Å². The summed E-state index contributed by atoms with van der Waals surface area (Å²) in [6, 6.07) is 6.35. The number of nitrogens with two attached hydrogens (primary N) is 1. The highest BCUT2D eigenvalue weighted by molar-refractivity contribution is 6.33. The minimum atomic E-state index is 0.119. The molecule has 2 atom stereocenters. The Balaban J connectivity index is 3.04. The third kappa shape index (κ3) is 3.87. The molecule has 3 nitrogen and oxygen atoms in total. The van der Waals surface area contributed by atoms with Gasteiger partial charge in [0.2, 0.25) is 0 Å². The van der Waals surface area contributed by atoms with Crippen LogP contribution in [0.25, 0.3) is 0 Å². The first-order valence-electron chi connectivity index (χ1n) is 6.22. The van der Waals surface area contributed by atoms with Gasteiger partial charge in [-0.2, -0.15) is 0 Å². The van der Waals surface area contributed by atoms with Gasteiger partial charge in [-0.15, -0.1) is 0 Å². The second kappa shape index (κ2) is 6.98. The zero-order valence-corrected chi connectivity index (χ0v) is 12.4. The third-order valence-corrected chi connectivity index (χ3v) is 3.34. The van der Waals surface area contributed by atoms with E-state index >= 15 is 0 Å². The predicted molar refractivity (Wildman–Crippen MR) is 78.5 cm³/mol. The third-order valence-electron chi connectivity index (χ3n) is 3.03. The van der Waals surface area contributed by atoms with E-state index in [2.05, 4.69) is 17.9 Å². The monoisotopic (exact) mass is 270 g/mol. The van der Waals surface area contributed by atoms with Gasteiger partial charge < -0.3 is 15.4 Å². The molecule has 0 fully saturated rings. The van der Waals surface area contributed by atoms with E-state index in [-0.39, 0.29) is 12.1 Å². The van der Waals surface area contributed by atoms with Gasteiger partial charge in [0.1, 0.15) is 0 Å². The molecular formula is C14H23ClN2O. The standard InChI is InChI=1S/C14H23ClN2O/c1-10(16)8-12-6-5-7-13(15)14(12)17(3)11(2)9-18-4/h5-7,10-11H,8-9,16H2,1-4H3. The fourth-order valence-electron chi connectivity index (χ4n) is 2.04. The van der Waals surface area contributed by atoms with Gasteiger partial charge in [-0.3, -0.25) is 0 Å². The summed E-state index contributed by atoms with van der Waals surface area (Å²) in [5.41, 5.74) is 8.13. The number of halogens is 1. The quantitative estimate of drug-likeness (QED) is 0.864. The number of benzene rings is 1. The van der Waals surface area contributed by atoms with Crippen LogP contribution in [0.3, 0.4) is 0 Å². The van der Waals surface area contributed by atoms with Crippen molar-refractivity contribution < 1.29 is 4.74 Å². The lowest BCUT2D eigenvalue weighted by atomic mass is 10.0. The zero-order chi connectivity index (χ0) is 13.7. The molecule has 0 aliphatic heterocycles. The molecule has 2 unspecified atom stereocenters. The van der Waals surface area contributed by atoms with Crippen molar-refractivity contribution >= 4 is 17.3 Å². The van der Waals surface area contributed by atoms with E-state index in [0.717, 1.165) is 17.1 Å². The maximum atomic E-state index is 6.33. The van der Waals surface area contributed by atoms with Gasteiger partial charge in [0, 0.05) is 26.2 Å². The smallest absolute Gasteiger partial charge is 0.0663 e. The molecule has 0 saturated carbocycles. The minimum absolute atomic E-state index is 0.119. The Labute approximate surface area is 115 Å². The number of ether oxygens (including phenoxy) is 1. The lowest BCUT2D eigenvalue weighted by molar-refractivity contribution is 0.183. The Morgan fingerprint density at radius 2 is 2.06 bits per heavy atom. The van der Waals surface area contributed by atoms with E-state index in [1.807, 2.05) is 26.1 Å². The Hall–Kier alpha value is -0.770. The lowest BCUT2D eigenvalue weighted by Crippen LogP contribution is -2.34. The molecule has 1 aromatic carbocycles. The van der Waals surface area contributed by atoms with Gasteiger partial charge >= 0.3 is 0 Å². The molecule has 0 heterocycles. The molecule has 0 aliphatic rings. The first kappa shape index (κ1) is 15.3. The summed E-state index contributed by atoms with van der Waals surface area (Å²) >= 11 is 6.33. The Bertz CT molecular complexity index is 382. The van der Waals surface area contributed by atoms with Crippen molar-refractivity contribution in [1.82, 2.24) is 0 Å². The lowest BCUT2D eigenvalue weighted by Gasteiger charge is -2.30. The van der Waals surface area contributed by atoms with Crippen LogP contribution in [0.5, 0.6) is 0 Å². The average Bonchev–Trinajstić information content (AvgIpc) is 2.28. The summed E-state index contributed by atoms with van der Waals surface area (Å²) in [4.78, 5) is 2.16. The SMILES string of the molecule is COCC(C)N(C)c1c(Cl)cccc1CC(C)N. The molecular weight excluding hydrogens is 248 g/mol. The van der Waals surface area contributed by atoms with Gasteiger partial charge in [0.25, 0.3) is 0 Å². The summed E-state index contributed by atoms with van der Waals surface area (Å²) in [6.45, 7) is 4.78. The number of methoxy groups -OCH3 is 1. The molecule has 102 valence electrons. The summed E-state index contributed by atoms with van der Waals surface area (Å²) in [6.07, 6.45) is 0.819. The summed E-state index contributed by atoms with van der Waals surface area (Å²) < 4.78 is 5.20. The second-order valence-electron chi connectivity index (χ2n) is 4.84. The Morgan fingerprint density at radius 1 is 1.39 bits per heavy atom. The van der Waals surface area contributed by atoms with Crippen LogP contribution in [-0.2, 0) is 11.2 Å². The van der Waals surface area contributed by atoms with Crippen molar-refractivity contribution in [3.8, 4) is 0 Å². The predicted octanol–water partition coefficient (Wildman–Crippen LogP) is 2.70. The van der Waals surface area contributed by atoms with Gasteiger partial charge in [-0.1, -0.05) is 23.7 Å². The summed E-state index contributed by atoms with van der Waals surface area (Å²) in [7, 11) is 3.75. The number of hydrogen-bond acceptors (Lipinski definition) is 3. The summed E-state index contributed by atoms with van der Waals surface area (Å²) in [5, 5.41) is 0.763. The number of rotatable bonds is 6. The molecule has 0 bridgehead atoms.